The van der Waals surface area contributed by atoms with Crippen LogP contribution in [-0.2, 0) is 4.74 Å². The first-order valence-electron chi connectivity index (χ1n) is 4.18. The molecule has 0 bridgehead atoms. The lowest BCUT2D eigenvalue weighted by atomic mass is 10.2. The van der Waals surface area contributed by atoms with E-state index in [1.807, 2.05) is 16.7 Å². The highest BCUT2D eigenvalue weighted by Crippen LogP contribution is 2.25. The third kappa shape index (κ3) is 1.72. The normalized spacial score (nSPS) is 10.6. The number of aromatic nitrogens is 1. The predicted molar refractivity (Wildman–Crippen MR) is 66.5 cm³/mol. The number of fused-ring (bicyclic) bond motifs is 1. The topological polar surface area (TPSA) is 30.7 Å². The average Bonchev–Trinajstić information content (AvgIpc) is 2.57. The number of rotatable bonds is 1. The van der Waals surface area contributed by atoms with E-state index in [2.05, 4.69) is 22.6 Å². The Bertz CT molecular complexity index is 535. The van der Waals surface area contributed by atoms with Crippen molar-refractivity contribution in [3.05, 3.63) is 38.7 Å². The number of nitrogens with zero attached hydrogens (tertiary/aromatic N) is 1. The van der Waals surface area contributed by atoms with Crippen LogP contribution in [-0.4, -0.2) is 17.5 Å². The Labute approximate surface area is 105 Å². The molecule has 0 spiro atoms. The number of carbonyl (C=O) groups is 1. The Morgan fingerprint density at radius 3 is 3.00 bits per heavy atom. The summed E-state index contributed by atoms with van der Waals surface area (Å²) in [5.41, 5.74) is 1.18. The molecule has 15 heavy (non-hydrogen) atoms. The molecule has 0 aliphatic rings. The van der Waals surface area contributed by atoms with Crippen LogP contribution in [0.4, 0.5) is 0 Å². The van der Waals surface area contributed by atoms with Crippen LogP contribution >= 0.6 is 34.2 Å². The summed E-state index contributed by atoms with van der Waals surface area (Å²) in [4.78, 5) is 11.5. The highest BCUT2D eigenvalue weighted by Gasteiger charge is 2.16. The largest absolute Gasteiger partial charge is 0.465 e. The molecule has 2 aromatic heterocycles. The fourth-order valence-corrected chi connectivity index (χ4v) is 2.42. The van der Waals surface area contributed by atoms with Gasteiger partial charge in [0, 0.05) is 6.20 Å². The van der Waals surface area contributed by atoms with Gasteiger partial charge >= 0.3 is 5.97 Å². The quantitative estimate of drug-likeness (QED) is 0.592. The summed E-state index contributed by atoms with van der Waals surface area (Å²) in [6.45, 7) is 0. The third-order valence-electron chi connectivity index (χ3n) is 2.10. The van der Waals surface area contributed by atoms with Crippen LogP contribution in [0.15, 0.2) is 24.4 Å². The van der Waals surface area contributed by atoms with Gasteiger partial charge in [0.2, 0.25) is 0 Å². The molecule has 0 aromatic carbocycles. The van der Waals surface area contributed by atoms with Crippen molar-refractivity contribution < 1.29 is 9.53 Å². The number of ether oxygens (including phenoxy) is 1. The monoisotopic (exact) mass is 335 g/mol. The zero-order valence-electron chi connectivity index (χ0n) is 7.83. The highest BCUT2D eigenvalue weighted by atomic mass is 127. The molecule has 0 saturated carbocycles. The molecule has 0 amide bonds. The van der Waals surface area contributed by atoms with E-state index >= 15 is 0 Å². The summed E-state index contributed by atoms with van der Waals surface area (Å²) < 4.78 is 7.48. The van der Waals surface area contributed by atoms with Crippen molar-refractivity contribution >= 4 is 45.7 Å². The van der Waals surface area contributed by atoms with Gasteiger partial charge in [-0.25, -0.2) is 4.79 Å². The Hall–Kier alpha value is -0.750. The van der Waals surface area contributed by atoms with Gasteiger partial charge in [-0.15, -0.1) is 0 Å². The Balaban J connectivity index is 2.81. The molecule has 0 saturated heterocycles. The van der Waals surface area contributed by atoms with Gasteiger partial charge in [0.25, 0.3) is 0 Å². The molecule has 2 aromatic rings. The van der Waals surface area contributed by atoms with E-state index < -0.39 is 0 Å². The van der Waals surface area contributed by atoms with Crippen molar-refractivity contribution in [1.29, 1.82) is 0 Å². The van der Waals surface area contributed by atoms with Crippen LogP contribution in [0.25, 0.3) is 5.52 Å². The van der Waals surface area contributed by atoms with Gasteiger partial charge in [0.1, 0.15) is 0 Å². The molecular formula is C10H7ClINO2. The SMILES string of the molecule is COC(=O)c1cc(I)n2cccc(Cl)c12. The fraction of sp³-hybridized carbons (Fsp3) is 0.100. The summed E-state index contributed by atoms with van der Waals surface area (Å²) in [6.07, 6.45) is 1.86. The number of hydrogen-bond donors (Lipinski definition) is 0. The molecule has 2 heterocycles. The van der Waals surface area contributed by atoms with E-state index in [-0.39, 0.29) is 5.97 Å². The van der Waals surface area contributed by atoms with Crippen LogP contribution in [0, 0.1) is 3.70 Å². The summed E-state index contributed by atoms with van der Waals surface area (Å²) in [5, 5.41) is 0.542. The smallest absolute Gasteiger partial charge is 0.340 e. The summed E-state index contributed by atoms with van der Waals surface area (Å²) >= 11 is 8.19. The number of pyridine rings is 1. The second kappa shape index (κ2) is 4.02. The number of halogens is 2. The molecule has 0 aliphatic carbocycles. The molecule has 0 fully saturated rings. The number of esters is 1. The summed E-state index contributed by atoms with van der Waals surface area (Å²) in [7, 11) is 1.36. The maximum atomic E-state index is 11.5. The van der Waals surface area contributed by atoms with Crippen LogP contribution in [0.2, 0.25) is 5.02 Å². The van der Waals surface area contributed by atoms with Crippen molar-refractivity contribution in [3.63, 3.8) is 0 Å². The van der Waals surface area contributed by atoms with Gasteiger partial charge in [0.15, 0.2) is 0 Å². The lowest BCUT2D eigenvalue weighted by Gasteiger charge is -2.00. The molecule has 0 unspecified atom stereocenters. The summed E-state index contributed by atoms with van der Waals surface area (Å²) in [5.74, 6) is -0.372. The predicted octanol–water partition coefficient (Wildman–Crippen LogP) is 2.98. The van der Waals surface area contributed by atoms with Gasteiger partial charge in [0.05, 0.1) is 26.9 Å². The summed E-state index contributed by atoms with van der Waals surface area (Å²) in [6, 6.07) is 5.34. The van der Waals surface area contributed by atoms with Crippen LogP contribution in [0.3, 0.4) is 0 Å². The van der Waals surface area contributed by atoms with Crippen molar-refractivity contribution in [1.82, 2.24) is 4.40 Å². The third-order valence-corrected chi connectivity index (χ3v) is 3.23. The standard InChI is InChI=1S/C10H7ClINO2/c1-15-10(14)6-5-8(12)13-4-2-3-7(11)9(6)13/h2-5H,1H3. The minimum Gasteiger partial charge on any atom is -0.465 e. The zero-order valence-corrected chi connectivity index (χ0v) is 10.7. The Morgan fingerprint density at radius 1 is 1.60 bits per heavy atom. The molecule has 0 aliphatic heterocycles. The van der Waals surface area contributed by atoms with Crippen LogP contribution in [0.5, 0.6) is 0 Å². The van der Waals surface area contributed by atoms with E-state index in [0.717, 1.165) is 3.70 Å². The minimum atomic E-state index is -0.372. The molecule has 3 nitrogen and oxygen atoms in total. The first-order valence-corrected chi connectivity index (χ1v) is 5.64. The van der Waals surface area contributed by atoms with Crippen LogP contribution < -0.4 is 0 Å². The molecule has 0 N–H and O–H groups in total. The maximum absolute atomic E-state index is 11.5. The highest BCUT2D eigenvalue weighted by molar-refractivity contribution is 14.1. The first kappa shape index (κ1) is 10.8. The minimum absolute atomic E-state index is 0.372. The van der Waals surface area contributed by atoms with E-state index in [4.69, 9.17) is 16.3 Å². The van der Waals surface area contributed by atoms with Gasteiger partial charge in [-0.2, -0.15) is 0 Å². The maximum Gasteiger partial charge on any atom is 0.340 e. The molecule has 2 rings (SSSR count). The van der Waals surface area contributed by atoms with Crippen molar-refractivity contribution in [2.45, 2.75) is 0 Å². The molecule has 0 radical (unpaired) electrons. The van der Waals surface area contributed by atoms with Crippen molar-refractivity contribution in [3.8, 4) is 0 Å². The Morgan fingerprint density at radius 2 is 2.33 bits per heavy atom. The molecule has 78 valence electrons. The van der Waals surface area contributed by atoms with Crippen molar-refractivity contribution in [2.24, 2.45) is 0 Å². The lowest BCUT2D eigenvalue weighted by molar-refractivity contribution is 0.0603. The molecule has 0 atom stereocenters. The number of methoxy groups -OCH3 is 1. The van der Waals surface area contributed by atoms with Gasteiger partial charge < -0.3 is 9.14 Å². The number of carbonyl (C=O) groups excluding carboxylic acids is 1. The second-order valence-electron chi connectivity index (χ2n) is 2.95. The van der Waals surface area contributed by atoms with E-state index in [1.54, 1.807) is 12.1 Å². The van der Waals surface area contributed by atoms with Gasteiger partial charge in [-0.1, -0.05) is 11.6 Å². The average molecular weight is 336 g/mol. The lowest BCUT2D eigenvalue weighted by Crippen LogP contribution is -2.00. The second-order valence-corrected chi connectivity index (χ2v) is 4.46. The first-order chi connectivity index (χ1) is 7.15. The molecule has 5 heteroatoms. The fourth-order valence-electron chi connectivity index (χ4n) is 1.44. The van der Waals surface area contributed by atoms with E-state index in [1.165, 1.54) is 7.11 Å². The van der Waals surface area contributed by atoms with E-state index in [9.17, 15) is 4.79 Å². The number of hydrogen-bond acceptors (Lipinski definition) is 2. The van der Waals surface area contributed by atoms with Gasteiger partial charge in [-0.3, -0.25) is 0 Å². The van der Waals surface area contributed by atoms with Gasteiger partial charge in [-0.05, 0) is 40.8 Å². The Kier molecular flexibility index (Phi) is 2.88. The van der Waals surface area contributed by atoms with Crippen molar-refractivity contribution in [2.75, 3.05) is 7.11 Å². The van der Waals surface area contributed by atoms with E-state index in [0.29, 0.717) is 16.1 Å². The molecular weight excluding hydrogens is 328 g/mol. The van der Waals surface area contributed by atoms with Crippen LogP contribution in [0.1, 0.15) is 10.4 Å². The zero-order chi connectivity index (χ0) is 11.0.